The van der Waals surface area contributed by atoms with E-state index in [9.17, 15) is 0 Å². The van der Waals surface area contributed by atoms with Crippen LogP contribution in [0.1, 0.15) is 17.6 Å². The quantitative estimate of drug-likeness (QED) is 0.542. The Labute approximate surface area is 85.1 Å². The van der Waals surface area contributed by atoms with Crippen molar-refractivity contribution in [2.45, 2.75) is 6.04 Å². The van der Waals surface area contributed by atoms with Gasteiger partial charge >= 0.3 is 0 Å². The average Bonchev–Trinajstić information content (AvgIpc) is 2.80. The molecule has 0 amide bonds. The van der Waals surface area contributed by atoms with Crippen LogP contribution >= 0.6 is 11.7 Å². The van der Waals surface area contributed by atoms with Crippen molar-refractivity contribution in [1.29, 1.82) is 0 Å². The third-order valence-electron chi connectivity index (χ3n) is 1.96. The predicted molar refractivity (Wildman–Crippen MR) is 52.3 cm³/mol. The molecule has 6 nitrogen and oxygen atoms in total. The van der Waals surface area contributed by atoms with Crippen LogP contribution in [0.25, 0.3) is 0 Å². The highest BCUT2D eigenvalue weighted by atomic mass is 32.1. The van der Waals surface area contributed by atoms with Gasteiger partial charge in [0.1, 0.15) is 17.6 Å². The standard InChI is InChI=1S/C7H10N6S/c1-13-3-2-9-7(13)6(11-8)5-4-10-14-12-5/h2-4,6,11H,8H2,1H3. The first-order valence-electron chi connectivity index (χ1n) is 4.03. The maximum atomic E-state index is 5.46. The van der Waals surface area contributed by atoms with Gasteiger partial charge in [-0.2, -0.15) is 8.75 Å². The van der Waals surface area contributed by atoms with E-state index in [0.29, 0.717) is 0 Å². The number of aromatic nitrogens is 4. The number of imidazole rings is 1. The number of nitrogens with two attached hydrogens (primary N) is 1. The molecule has 2 aromatic heterocycles. The Morgan fingerprint density at radius 3 is 3.00 bits per heavy atom. The van der Waals surface area contributed by atoms with E-state index in [0.717, 1.165) is 23.2 Å². The fraction of sp³-hybridized carbons (Fsp3) is 0.286. The van der Waals surface area contributed by atoms with Gasteiger partial charge in [0, 0.05) is 19.4 Å². The van der Waals surface area contributed by atoms with Crippen LogP contribution in [-0.4, -0.2) is 18.3 Å². The van der Waals surface area contributed by atoms with Crippen LogP contribution < -0.4 is 11.3 Å². The maximum absolute atomic E-state index is 5.46. The molecule has 14 heavy (non-hydrogen) atoms. The van der Waals surface area contributed by atoms with E-state index < -0.39 is 0 Å². The number of nitrogens with one attached hydrogen (secondary N) is 1. The van der Waals surface area contributed by atoms with Crippen LogP contribution in [0.4, 0.5) is 0 Å². The van der Waals surface area contributed by atoms with E-state index in [4.69, 9.17) is 5.84 Å². The van der Waals surface area contributed by atoms with E-state index in [1.54, 1.807) is 12.4 Å². The normalized spacial score (nSPS) is 13.0. The van der Waals surface area contributed by atoms with Crippen LogP contribution in [0.2, 0.25) is 0 Å². The molecule has 74 valence electrons. The van der Waals surface area contributed by atoms with Gasteiger partial charge in [-0.15, -0.1) is 0 Å². The first-order chi connectivity index (χ1) is 6.83. The second-order valence-electron chi connectivity index (χ2n) is 2.83. The largest absolute Gasteiger partial charge is 0.336 e. The first-order valence-corrected chi connectivity index (χ1v) is 4.76. The molecule has 2 rings (SSSR count). The second kappa shape index (κ2) is 3.82. The monoisotopic (exact) mass is 210 g/mol. The van der Waals surface area contributed by atoms with Gasteiger partial charge in [0.15, 0.2) is 0 Å². The molecule has 3 N–H and O–H groups in total. The zero-order valence-corrected chi connectivity index (χ0v) is 8.40. The summed E-state index contributed by atoms with van der Waals surface area (Å²) in [5.74, 6) is 6.28. The van der Waals surface area contributed by atoms with Gasteiger partial charge in [-0.25, -0.2) is 10.4 Å². The van der Waals surface area contributed by atoms with Crippen LogP contribution in [-0.2, 0) is 7.05 Å². The molecule has 0 aliphatic rings. The Morgan fingerprint density at radius 2 is 2.50 bits per heavy atom. The lowest BCUT2D eigenvalue weighted by molar-refractivity contribution is 0.571. The van der Waals surface area contributed by atoms with Crippen molar-refractivity contribution < 1.29 is 0 Å². The van der Waals surface area contributed by atoms with Gasteiger partial charge in [-0.3, -0.25) is 5.84 Å². The Kier molecular flexibility index (Phi) is 2.53. The molecule has 0 aliphatic carbocycles. The molecular weight excluding hydrogens is 200 g/mol. The number of hydrogen-bond acceptors (Lipinski definition) is 6. The molecule has 0 aromatic carbocycles. The van der Waals surface area contributed by atoms with Gasteiger partial charge in [0.2, 0.25) is 0 Å². The Hall–Kier alpha value is -1.31. The summed E-state index contributed by atoms with van der Waals surface area (Å²) >= 11 is 1.15. The molecule has 2 heterocycles. The summed E-state index contributed by atoms with van der Waals surface area (Å²) in [6.45, 7) is 0. The summed E-state index contributed by atoms with van der Waals surface area (Å²) in [7, 11) is 1.91. The number of rotatable bonds is 3. The Balaban J connectivity index is 2.36. The van der Waals surface area contributed by atoms with E-state index in [2.05, 4.69) is 19.2 Å². The van der Waals surface area contributed by atoms with Crippen LogP contribution in [0, 0.1) is 0 Å². The predicted octanol–water partition coefficient (Wildman–Crippen LogP) is -0.176. The van der Waals surface area contributed by atoms with Gasteiger partial charge in [-0.05, 0) is 0 Å². The summed E-state index contributed by atoms with van der Waals surface area (Å²) in [5, 5.41) is 0. The molecular formula is C7H10N6S. The molecule has 7 heteroatoms. The molecule has 1 unspecified atom stereocenters. The first kappa shape index (κ1) is 9.25. The molecule has 0 radical (unpaired) electrons. The minimum atomic E-state index is -0.200. The number of hydrazine groups is 1. The minimum Gasteiger partial charge on any atom is -0.336 e. The number of aryl methyl sites for hydroxylation is 1. The van der Waals surface area contributed by atoms with Crippen LogP contribution in [0.15, 0.2) is 18.6 Å². The van der Waals surface area contributed by atoms with Crippen molar-refractivity contribution in [3.8, 4) is 0 Å². The smallest absolute Gasteiger partial charge is 0.133 e. The minimum absolute atomic E-state index is 0.200. The maximum Gasteiger partial charge on any atom is 0.133 e. The Morgan fingerprint density at radius 1 is 1.64 bits per heavy atom. The van der Waals surface area contributed by atoms with Gasteiger partial charge in [0.25, 0.3) is 0 Å². The van der Waals surface area contributed by atoms with Crippen molar-refractivity contribution >= 4 is 11.7 Å². The van der Waals surface area contributed by atoms with E-state index in [1.807, 2.05) is 17.8 Å². The van der Waals surface area contributed by atoms with Gasteiger partial charge in [-0.1, -0.05) is 0 Å². The van der Waals surface area contributed by atoms with Gasteiger partial charge < -0.3 is 4.57 Å². The summed E-state index contributed by atoms with van der Waals surface area (Å²) in [4.78, 5) is 4.20. The highest BCUT2D eigenvalue weighted by molar-refractivity contribution is 6.99. The zero-order valence-electron chi connectivity index (χ0n) is 7.58. The third-order valence-corrected chi connectivity index (χ3v) is 2.45. The van der Waals surface area contributed by atoms with Crippen molar-refractivity contribution in [1.82, 2.24) is 23.7 Å². The molecule has 0 fully saturated rings. The lowest BCUT2D eigenvalue weighted by Crippen LogP contribution is -2.31. The third kappa shape index (κ3) is 1.52. The van der Waals surface area contributed by atoms with Crippen molar-refractivity contribution in [3.63, 3.8) is 0 Å². The molecule has 0 saturated heterocycles. The molecule has 0 spiro atoms. The summed E-state index contributed by atoms with van der Waals surface area (Å²) in [5.41, 5.74) is 3.45. The topological polar surface area (TPSA) is 81.7 Å². The van der Waals surface area contributed by atoms with Crippen LogP contribution in [0.5, 0.6) is 0 Å². The zero-order chi connectivity index (χ0) is 9.97. The fourth-order valence-electron chi connectivity index (χ4n) is 1.25. The van der Waals surface area contributed by atoms with Crippen molar-refractivity contribution in [3.05, 3.63) is 30.1 Å². The molecule has 0 aliphatic heterocycles. The molecule has 0 saturated carbocycles. The highest BCUT2D eigenvalue weighted by Crippen LogP contribution is 2.16. The highest BCUT2D eigenvalue weighted by Gasteiger charge is 2.18. The Bertz CT molecular complexity index is 394. The van der Waals surface area contributed by atoms with Crippen LogP contribution in [0.3, 0.4) is 0 Å². The fourth-order valence-corrected chi connectivity index (χ4v) is 1.70. The second-order valence-corrected chi connectivity index (χ2v) is 3.39. The van der Waals surface area contributed by atoms with Gasteiger partial charge in [0.05, 0.1) is 17.9 Å². The van der Waals surface area contributed by atoms with E-state index in [-0.39, 0.29) is 6.04 Å². The van der Waals surface area contributed by atoms with E-state index >= 15 is 0 Å². The summed E-state index contributed by atoms with van der Waals surface area (Å²) < 4.78 is 9.94. The van der Waals surface area contributed by atoms with E-state index in [1.165, 1.54) is 0 Å². The summed E-state index contributed by atoms with van der Waals surface area (Å²) in [6.07, 6.45) is 5.27. The average molecular weight is 210 g/mol. The van der Waals surface area contributed by atoms with Crippen molar-refractivity contribution in [2.24, 2.45) is 12.9 Å². The summed E-state index contributed by atoms with van der Waals surface area (Å²) in [6, 6.07) is -0.200. The SMILES string of the molecule is Cn1ccnc1C(NN)c1cnsn1. The lowest BCUT2D eigenvalue weighted by Gasteiger charge is -2.12. The molecule has 1 atom stereocenters. The molecule has 0 bridgehead atoms. The van der Waals surface area contributed by atoms with Crippen molar-refractivity contribution in [2.75, 3.05) is 0 Å². The lowest BCUT2D eigenvalue weighted by atomic mass is 10.2. The molecule has 2 aromatic rings. The number of nitrogens with zero attached hydrogens (tertiary/aromatic N) is 4. The number of hydrogen-bond donors (Lipinski definition) is 2.